The monoisotopic (exact) mass is 424 g/mol. The highest BCUT2D eigenvalue weighted by atomic mass is 16.5. The summed E-state index contributed by atoms with van der Waals surface area (Å²) in [5.74, 6) is 0.914. The van der Waals surface area contributed by atoms with Gasteiger partial charge in [0.05, 0.1) is 17.5 Å². The first-order chi connectivity index (χ1) is 15.0. The molecule has 0 aliphatic carbocycles. The van der Waals surface area contributed by atoms with Crippen molar-refractivity contribution in [2.75, 3.05) is 32.8 Å². The van der Waals surface area contributed by atoms with Gasteiger partial charge in [0.1, 0.15) is 5.75 Å². The van der Waals surface area contributed by atoms with Crippen LogP contribution in [0.4, 0.5) is 0 Å². The summed E-state index contributed by atoms with van der Waals surface area (Å²) >= 11 is 0. The highest BCUT2D eigenvalue weighted by molar-refractivity contribution is 5.95. The van der Waals surface area contributed by atoms with Crippen LogP contribution in [-0.2, 0) is 4.79 Å². The van der Waals surface area contributed by atoms with Gasteiger partial charge in [-0.25, -0.2) is 0 Å². The first-order valence-corrected chi connectivity index (χ1v) is 11.3. The molecule has 7 nitrogen and oxygen atoms in total. The minimum absolute atomic E-state index is 0.0178. The molecule has 0 unspecified atom stereocenters. The molecule has 0 bridgehead atoms. The number of hydrogen-bond acceptors (Lipinski definition) is 4. The molecule has 0 radical (unpaired) electrons. The number of H-pyrrole nitrogens is 1. The van der Waals surface area contributed by atoms with E-state index in [2.05, 4.69) is 10.2 Å². The predicted octanol–water partition coefficient (Wildman–Crippen LogP) is 3.44. The van der Waals surface area contributed by atoms with Crippen molar-refractivity contribution in [3.63, 3.8) is 0 Å². The topological polar surface area (TPSA) is 78.5 Å². The Hall–Kier alpha value is -2.83. The van der Waals surface area contributed by atoms with Crippen LogP contribution in [0.15, 0.2) is 24.4 Å². The number of amides is 2. The van der Waals surface area contributed by atoms with E-state index in [1.165, 1.54) is 6.42 Å². The zero-order chi connectivity index (χ0) is 21.8. The van der Waals surface area contributed by atoms with Gasteiger partial charge in [0.15, 0.2) is 6.61 Å². The van der Waals surface area contributed by atoms with Gasteiger partial charge in [0.25, 0.3) is 11.8 Å². The summed E-state index contributed by atoms with van der Waals surface area (Å²) in [5.41, 5.74) is 3.59. The summed E-state index contributed by atoms with van der Waals surface area (Å²) in [6, 6.07) is 5.97. The van der Waals surface area contributed by atoms with Gasteiger partial charge in [-0.15, -0.1) is 0 Å². The summed E-state index contributed by atoms with van der Waals surface area (Å²) < 4.78 is 5.88. The quantitative estimate of drug-likeness (QED) is 0.798. The number of piperidine rings is 2. The maximum Gasteiger partial charge on any atom is 0.260 e. The van der Waals surface area contributed by atoms with Crippen LogP contribution in [0.1, 0.15) is 65.2 Å². The average Bonchev–Trinajstić information content (AvgIpc) is 3.29. The van der Waals surface area contributed by atoms with Crippen LogP contribution in [0.25, 0.3) is 0 Å². The third-order valence-electron chi connectivity index (χ3n) is 6.47. The Kier molecular flexibility index (Phi) is 6.59. The molecule has 2 saturated heterocycles. The molecule has 7 heteroatoms. The lowest BCUT2D eigenvalue weighted by molar-refractivity contribution is -0.134. The Balaban J connectivity index is 1.40. The Morgan fingerprint density at radius 2 is 1.77 bits per heavy atom. The van der Waals surface area contributed by atoms with Crippen molar-refractivity contribution in [2.45, 2.75) is 51.9 Å². The van der Waals surface area contributed by atoms with Crippen molar-refractivity contribution in [1.29, 1.82) is 0 Å². The van der Waals surface area contributed by atoms with Gasteiger partial charge in [-0.05, 0) is 57.1 Å². The lowest BCUT2D eigenvalue weighted by Gasteiger charge is -2.33. The zero-order valence-corrected chi connectivity index (χ0v) is 18.5. The molecule has 1 N–H and O–H groups in total. The maximum atomic E-state index is 13.0. The van der Waals surface area contributed by atoms with Crippen LogP contribution < -0.4 is 4.74 Å². The van der Waals surface area contributed by atoms with E-state index in [1.54, 1.807) is 6.20 Å². The standard InChI is InChI=1S/C24H32N4O3/c1-17-8-6-9-18(2)23(17)31-16-21(29)28-13-7-10-19(15-28)22-20(14-25-26-22)24(30)27-11-4-3-5-12-27/h6,8-9,14,19H,3-5,7,10-13,15-16H2,1-2H3,(H,25,26)/t19-/m1/s1. The van der Waals surface area contributed by atoms with E-state index in [0.717, 1.165) is 67.9 Å². The molecule has 2 fully saturated rings. The molecule has 0 saturated carbocycles. The lowest BCUT2D eigenvalue weighted by atomic mass is 9.92. The lowest BCUT2D eigenvalue weighted by Crippen LogP contribution is -2.42. The van der Waals surface area contributed by atoms with Crippen LogP contribution in [0.5, 0.6) is 5.75 Å². The Bertz CT molecular complexity index is 912. The first-order valence-electron chi connectivity index (χ1n) is 11.3. The molecule has 4 rings (SSSR count). The number of likely N-dealkylation sites (tertiary alicyclic amines) is 2. The number of nitrogens with one attached hydrogen (secondary N) is 1. The number of nitrogens with zero attached hydrogens (tertiary/aromatic N) is 3. The SMILES string of the molecule is Cc1cccc(C)c1OCC(=O)N1CCC[C@@H](c2[nH]ncc2C(=O)N2CCCCC2)C1. The summed E-state index contributed by atoms with van der Waals surface area (Å²) in [7, 11) is 0. The van der Waals surface area contributed by atoms with Crippen molar-refractivity contribution in [3.8, 4) is 5.75 Å². The summed E-state index contributed by atoms with van der Waals surface area (Å²) in [6.07, 6.45) is 6.79. The molecule has 2 amide bonds. The highest BCUT2D eigenvalue weighted by Gasteiger charge is 2.31. The smallest absolute Gasteiger partial charge is 0.260 e. The summed E-state index contributed by atoms with van der Waals surface area (Å²) in [4.78, 5) is 29.7. The normalized spacial score (nSPS) is 19.4. The predicted molar refractivity (Wildman–Crippen MR) is 118 cm³/mol. The van der Waals surface area contributed by atoms with Crippen molar-refractivity contribution in [1.82, 2.24) is 20.0 Å². The number of carbonyl (C=O) groups is 2. The number of para-hydroxylation sites is 1. The minimum atomic E-state index is -0.0178. The number of hydrogen-bond donors (Lipinski definition) is 1. The van der Waals surface area contributed by atoms with Crippen LogP contribution in [-0.4, -0.2) is 64.6 Å². The number of carbonyl (C=O) groups excluding carboxylic acids is 2. The zero-order valence-electron chi connectivity index (χ0n) is 18.5. The van der Waals surface area contributed by atoms with Gasteiger partial charge in [0, 0.05) is 32.1 Å². The van der Waals surface area contributed by atoms with Crippen LogP contribution in [0.2, 0.25) is 0 Å². The number of aromatic amines is 1. The molecule has 1 atom stereocenters. The summed E-state index contributed by atoms with van der Waals surface area (Å²) in [5, 5.41) is 7.24. The molecule has 1 aromatic carbocycles. The molecule has 0 spiro atoms. The second-order valence-corrected chi connectivity index (χ2v) is 8.74. The van der Waals surface area contributed by atoms with Gasteiger partial charge in [-0.3, -0.25) is 14.7 Å². The molecular weight excluding hydrogens is 392 g/mol. The van der Waals surface area contributed by atoms with Crippen molar-refractivity contribution < 1.29 is 14.3 Å². The average molecular weight is 425 g/mol. The Morgan fingerprint density at radius 1 is 1.06 bits per heavy atom. The number of rotatable bonds is 5. The molecule has 3 heterocycles. The van der Waals surface area contributed by atoms with Crippen LogP contribution in [0, 0.1) is 13.8 Å². The highest BCUT2D eigenvalue weighted by Crippen LogP contribution is 2.29. The third-order valence-corrected chi connectivity index (χ3v) is 6.47. The van der Waals surface area contributed by atoms with Crippen LogP contribution in [0.3, 0.4) is 0 Å². The van der Waals surface area contributed by atoms with Crippen molar-refractivity contribution >= 4 is 11.8 Å². The third kappa shape index (κ3) is 4.75. The fraction of sp³-hybridized carbons (Fsp3) is 0.542. The fourth-order valence-corrected chi connectivity index (χ4v) is 4.74. The molecule has 1 aromatic heterocycles. The number of aromatic nitrogens is 2. The van der Waals surface area contributed by atoms with E-state index >= 15 is 0 Å². The van der Waals surface area contributed by atoms with E-state index < -0.39 is 0 Å². The van der Waals surface area contributed by atoms with E-state index in [0.29, 0.717) is 12.1 Å². The van der Waals surface area contributed by atoms with Gasteiger partial charge in [0.2, 0.25) is 0 Å². The van der Waals surface area contributed by atoms with E-state index in [1.807, 2.05) is 41.8 Å². The molecule has 2 aliphatic heterocycles. The fourth-order valence-electron chi connectivity index (χ4n) is 4.74. The molecule has 2 aliphatic rings. The maximum absolute atomic E-state index is 13.0. The van der Waals surface area contributed by atoms with E-state index in [-0.39, 0.29) is 24.3 Å². The van der Waals surface area contributed by atoms with Gasteiger partial charge in [-0.2, -0.15) is 5.10 Å². The number of ether oxygens (including phenoxy) is 1. The second kappa shape index (κ2) is 9.54. The number of benzene rings is 1. The largest absolute Gasteiger partial charge is 0.483 e. The van der Waals surface area contributed by atoms with E-state index in [4.69, 9.17) is 4.74 Å². The molecule has 166 valence electrons. The molecule has 31 heavy (non-hydrogen) atoms. The second-order valence-electron chi connectivity index (χ2n) is 8.74. The molecule has 2 aromatic rings. The Labute approximate surface area is 183 Å². The van der Waals surface area contributed by atoms with Crippen molar-refractivity contribution in [3.05, 3.63) is 46.8 Å². The summed E-state index contributed by atoms with van der Waals surface area (Å²) in [6.45, 7) is 6.93. The minimum Gasteiger partial charge on any atom is -0.483 e. The van der Waals surface area contributed by atoms with Crippen molar-refractivity contribution in [2.24, 2.45) is 0 Å². The first kappa shape index (κ1) is 21.4. The molecular formula is C24H32N4O3. The van der Waals surface area contributed by atoms with Crippen LogP contribution >= 0.6 is 0 Å². The van der Waals surface area contributed by atoms with Gasteiger partial charge in [-0.1, -0.05) is 18.2 Å². The number of aryl methyl sites for hydroxylation is 2. The Morgan fingerprint density at radius 3 is 2.52 bits per heavy atom. The van der Waals surface area contributed by atoms with E-state index in [9.17, 15) is 9.59 Å². The van der Waals surface area contributed by atoms with Gasteiger partial charge >= 0.3 is 0 Å². The van der Waals surface area contributed by atoms with Gasteiger partial charge < -0.3 is 14.5 Å².